The molecule has 0 saturated carbocycles. The van der Waals surface area contributed by atoms with E-state index in [9.17, 15) is 4.79 Å². The lowest BCUT2D eigenvalue weighted by Gasteiger charge is -2.38. The fraction of sp³-hybridized carbons (Fsp3) is 0.565. The Hall–Kier alpha value is -2.14. The van der Waals surface area contributed by atoms with Gasteiger partial charge in [-0.05, 0) is 57.7 Å². The third kappa shape index (κ3) is 3.86. The van der Waals surface area contributed by atoms with Crippen LogP contribution >= 0.6 is 0 Å². The lowest BCUT2D eigenvalue weighted by atomic mass is 9.87. The molecular formula is C23H32N4O. The number of aromatic nitrogens is 2. The number of carbonyl (C=O) groups excluding carboxylic acids is 1. The minimum absolute atomic E-state index is 0.0408. The zero-order valence-corrected chi connectivity index (χ0v) is 17.4. The Balaban J connectivity index is 1.46. The molecule has 1 atom stereocenters. The fourth-order valence-electron chi connectivity index (χ4n) is 4.96. The molecule has 2 aliphatic rings. The van der Waals surface area contributed by atoms with E-state index in [1.54, 1.807) is 0 Å². The van der Waals surface area contributed by atoms with E-state index in [2.05, 4.69) is 52.2 Å². The van der Waals surface area contributed by atoms with E-state index in [1.807, 2.05) is 18.7 Å². The first-order valence-electron chi connectivity index (χ1n) is 10.5. The summed E-state index contributed by atoms with van der Waals surface area (Å²) in [5.41, 5.74) is 4.90. The number of hydrogen-bond donors (Lipinski definition) is 0. The molecule has 150 valence electrons. The Labute approximate surface area is 168 Å². The standard InChI is InChI=1S/C23H32N4O/c1-18-5-7-20(8-6-18)16-27-22(28)9-11-23(27)10-4-13-26(14-12-23)17-21-15-19(2)24-25(21)3/h5-8,15H,4,9-14,16-17H2,1-3H3. The summed E-state index contributed by atoms with van der Waals surface area (Å²) in [7, 11) is 2.03. The maximum Gasteiger partial charge on any atom is 0.223 e. The summed E-state index contributed by atoms with van der Waals surface area (Å²) in [6.45, 7) is 7.99. The quantitative estimate of drug-likeness (QED) is 0.814. The number of likely N-dealkylation sites (tertiary alicyclic amines) is 2. The van der Waals surface area contributed by atoms with Crippen molar-refractivity contribution in [3.63, 3.8) is 0 Å². The Morgan fingerprint density at radius 3 is 2.54 bits per heavy atom. The van der Waals surface area contributed by atoms with Gasteiger partial charge in [-0.3, -0.25) is 14.4 Å². The molecule has 2 fully saturated rings. The van der Waals surface area contributed by atoms with Gasteiger partial charge in [0, 0.05) is 38.6 Å². The highest BCUT2D eigenvalue weighted by atomic mass is 16.2. The van der Waals surface area contributed by atoms with Gasteiger partial charge in [0.25, 0.3) is 0 Å². The van der Waals surface area contributed by atoms with Crippen molar-refractivity contribution in [1.82, 2.24) is 19.6 Å². The highest BCUT2D eigenvalue weighted by molar-refractivity contribution is 5.79. The molecule has 5 nitrogen and oxygen atoms in total. The Bertz CT molecular complexity index is 841. The van der Waals surface area contributed by atoms with Crippen molar-refractivity contribution >= 4 is 5.91 Å². The molecule has 5 heteroatoms. The van der Waals surface area contributed by atoms with Gasteiger partial charge in [0.15, 0.2) is 0 Å². The van der Waals surface area contributed by atoms with Crippen LogP contribution < -0.4 is 0 Å². The van der Waals surface area contributed by atoms with Crippen LogP contribution in [0.5, 0.6) is 0 Å². The van der Waals surface area contributed by atoms with E-state index in [1.165, 1.54) is 16.8 Å². The minimum Gasteiger partial charge on any atom is -0.333 e. The summed E-state index contributed by atoms with van der Waals surface area (Å²) in [5, 5.41) is 4.48. The Morgan fingerprint density at radius 2 is 1.82 bits per heavy atom. The van der Waals surface area contributed by atoms with Crippen LogP contribution in [-0.2, 0) is 24.9 Å². The molecule has 2 saturated heterocycles. The summed E-state index contributed by atoms with van der Waals surface area (Å²) in [6, 6.07) is 10.8. The molecule has 0 N–H and O–H groups in total. The average Bonchev–Trinajstić information content (AvgIpc) is 3.04. The van der Waals surface area contributed by atoms with E-state index in [0.717, 1.165) is 57.6 Å². The second-order valence-electron chi connectivity index (χ2n) is 8.72. The zero-order valence-electron chi connectivity index (χ0n) is 17.4. The van der Waals surface area contributed by atoms with E-state index in [0.29, 0.717) is 12.3 Å². The van der Waals surface area contributed by atoms with Crippen molar-refractivity contribution < 1.29 is 4.79 Å². The van der Waals surface area contributed by atoms with Crippen molar-refractivity contribution in [2.75, 3.05) is 13.1 Å². The molecule has 1 unspecified atom stereocenters. The first kappa shape index (κ1) is 19.2. The van der Waals surface area contributed by atoms with Crippen molar-refractivity contribution in [1.29, 1.82) is 0 Å². The molecular weight excluding hydrogens is 348 g/mol. The first-order valence-corrected chi connectivity index (χ1v) is 10.5. The number of carbonyl (C=O) groups is 1. The van der Waals surface area contributed by atoms with Gasteiger partial charge in [0.05, 0.1) is 11.4 Å². The fourth-order valence-corrected chi connectivity index (χ4v) is 4.96. The smallest absolute Gasteiger partial charge is 0.223 e. The lowest BCUT2D eigenvalue weighted by Crippen LogP contribution is -2.45. The van der Waals surface area contributed by atoms with Crippen LogP contribution in [0, 0.1) is 13.8 Å². The molecule has 2 aliphatic heterocycles. The average molecular weight is 381 g/mol. The molecule has 0 radical (unpaired) electrons. The third-order valence-corrected chi connectivity index (χ3v) is 6.63. The van der Waals surface area contributed by atoms with Gasteiger partial charge < -0.3 is 4.90 Å². The molecule has 1 spiro atoms. The highest BCUT2D eigenvalue weighted by Gasteiger charge is 2.45. The number of benzene rings is 1. The first-order chi connectivity index (χ1) is 13.4. The molecule has 0 aliphatic carbocycles. The number of nitrogens with zero attached hydrogens (tertiary/aromatic N) is 4. The van der Waals surface area contributed by atoms with Crippen molar-refractivity contribution in [3.8, 4) is 0 Å². The van der Waals surface area contributed by atoms with E-state index < -0.39 is 0 Å². The Morgan fingerprint density at radius 1 is 1.04 bits per heavy atom. The van der Waals surface area contributed by atoms with Gasteiger partial charge in [-0.25, -0.2) is 0 Å². The Kier molecular flexibility index (Phi) is 5.28. The van der Waals surface area contributed by atoms with E-state index in [-0.39, 0.29) is 5.54 Å². The number of hydrogen-bond acceptors (Lipinski definition) is 3. The highest BCUT2D eigenvalue weighted by Crippen LogP contribution is 2.40. The van der Waals surface area contributed by atoms with Crippen LogP contribution in [0.15, 0.2) is 30.3 Å². The largest absolute Gasteiger partial charge is 0.333 e. The maximum absolute atomic E-state index is 12.8. The number of amides is 1. The molecule has 0 bridgehead atoms. The van der Waals surface area contributed by atoms with Crippen LogP contribution in [0.2, 0.25) is 0 Å². The van der Waals surface area contributed by atoms with Crippen LogP contribution in [0.4, 0.5) is 0 Å². The third-order valence-electron chi connectivity index (χ3n) is 6.63. The van der Waals surface area contributed by atoms with Crippen molar-refractivity contribution in [3.05, 3.63) is 52.8 Å². The van der Waals surface area contributed by atoms with Crippen LogP contribution in [0.1, 0.15) is 54.6 Å². The van der Waals surface area contributed by atoms with Crippen molar-refractivity contribution in [2.45, 2.75) is 64.6 Å². The van der Waals surface area contributed by atoms with Crippen molar-refractivity contribution in [2.24, 2.45) is 7.05 Å². The summed E-state index contributed by atoms with van der Waals surface area (Å²) in [6.07, 6.45) is 5.05. The van der Waals surface area contributed by atoms with E-state index >= 15 is 0 Å². The van der Waals surface area contributed by atoms with Gasteiger partial charge in [-0.2, -0.15) is 5.10 Å². The molecule has 1 aromatic carbocycles. The summed E-state index contributed by atoms with van der Waals surface area (Å²) in [4.78, 5) is 17.5. The topological polar surface area (TPSA) is 41.4 Å². The van der Waals surface area contributed by atoms with E-state index in [4.69, 9.17) is 0 Å². The minimum atomic E-state index is 0.0408. The monoisotopic (exact) mass is 380 g/mol. The SMILES string of the molecule is Cc1ccc(CN2C(=O)CCC23CCCN(Cc2cc(C)nn2C)CC3)cc1. The van der Waals surface area contributed by atoms with Gasteiger partial charge >= 0.3 is 0 Å². The molecule has 2 aromatic rings. The number of aryl methyl sites for hydroxylation is 3. The number of rotatable bonds is 4. The second-order valence-corrected chi connectivity index (χ2v) is 8.72. The lowest BCUT2D eigenvalue weighted by molar-refractivity contribution is -0.132. The molecule has 4 rings (SSSR count). The summed E-state index contributed by atoms with van der Waals surface area (Å²) < 4.78 is 2.00. The maximum atomic E-state index is 12.8. The summed E-state index contributed by atoms with van der Waals surface area (Å²) >= 11 is 0. The summed E-state index contributed by atoms with van der Waals surface area (Å²) in [5.74, 6) is 0.330. The second kappa shape index (κ2) is 7.70. The normalized spacial score (nSPS) is 23.5. The van der Waals surface area contributed by atoms with Crippen LogP contribution in [0.25, 0.3) is 0 Å². The molecule has 1 amide bonds. The predicted molar refractivity (Wildman–Crippen MR) is 111 cm³/mol. The van der Waals surface area contributed by atoms with Gasteiger partial charge in [-0.15, -0.1) is 0 Å². The molecule has 28 heavy (non-hydrogen) atoms. The van der Waals surface area contributed by atoms with Crippen LogP contribution in [-0.4, -0.2) is 44.1 Å². The van der Waals surface area contributed by atoms with Gasteiger partial charge in [0.1, 0.15) is 0 Å². The van der Waals surface area contributed by atoms with Gasteiger partial charge in [-0.1, -0.05) is 29.8 Å². The zero-order chi connectivity index (χ0) is 19.7. The molecule has 3 heterocycles. The predicted octanol–water partition coefficient (Wildman–Crippen LogP) is 3.58. The van der Waals surface area contributed by atoms with Crippen LogP contribution in [0.3, 0.4) is 0 Å². The molecule has 1 aromatic heterocycles. The van der Waals surface area contributed by atoms with Gasteiger partial charge in [0.2, 0.25) is 5.91 Å².